The molecule has 3 rings (SSSR count). The third-order valence-corrected chi connectivity index (χ3v) is 5.15. The van der Waals surface area contributed by atoms with E-state index in [4.69, 9.17) is 10.7 Å². The second kappa shape index (κ2) is 9.70. The van der Waals surface area contributed by atoms with Gasteiger partial charge < -0.3 is 16.2 Å². The summed E-state index contributed by atoms with van der Waals surface area (Å²) >= 11 is 0. The minimum Gasteiger partial charge on any atom is -0.477 e. The normalized spacial score (nSPS) is 10.9. The molecule has 0 spiro atoms. The number of nitrogens with one attached hydrogen (secondary N) is 1. The molecule has 0 atom stereocenters. The van der Waals surface area contributed by atoms with Crippen LogP contribution in [0.15, 0.2) is 42.5 Å². The van der Waals surface area contributed by atoms with Gasteiger partial charge in [-0.25, -0.2) is 9.78 Å². The van der Waals surface area contributed by atoms with Gasteiger partial charge >= 0.3 is 5.97 Å². The molecular formula is C25H28N4O3. The Bertz CT molecular complexity index is 1150. The summed E-state index contributed by atoms with van der Waals surface area (Å²) in [6.45, 7) is 8.38. The van der Waals surface area contributed by atoms with Gasteiger partial charge in [0.1, 0.15) is 11.4 Å². The number of amides is 1. The Morgan fingerprint density at radius 3 is 2.28 bits per heavy atom. The Morgan fingerprint density at radius 2 is 1.69 bits per heavy atom. The van der Waals surface area contributed by atoms with Gasteiger partial charge in [0.15, 0.2) is 0 Å². The highest BCUT2D eigenvalue weighted by molar-refractivity contribution is 6.06. The number of carboxylic acid groups (broad SMARTS) is 1. The predicted molar refractivity (Wildman–Crippen MR) is 125 cm³/mol. The lowest BCUT2D eigenvalue weighted by molar-refractivity contribution is 0.0690. The van der Waals surface area contributed by atoms with Crippen molar-refractivity contribution in [3.8, 4) is 11.1 Å². The Kier molecular flexibility index (Phi) is 7.00. The van der Waals surface area contributed by atoms with Crippen LogP contribution in [-0.2, 0) is 13.0 Å². The Hall–Kier alpha value is -3.58. The standard InChI is InChI=1S/C25H28N4O3/c1-14(2)12-21-18(13-26)22(17-10-8-15(3)9-11-17)23(16(4)27-21)29-24(30)19-6-5-7-20(28-19)25(31)32/h5-11,14H,12-13,26H2,1-4H3,(H,29,30)(H,31,32). The van der Waals surface area contributed by atoms with Gasteiger partial charge in [0.05, 0.1) is 11.4 Å². The number of carboxylic acids is 1. The van der Waals surface area contributed by atoms with E-state index in [1.165, 1.54) is 18.2 Å². The SMILES string of the molecule is Cc1ccc(-c2c(CN)c(CC(C)C)nc(C)c2NC(=O)c2cccc(C(=O)O)n2)cc1. The van der Waals surface area contributed by atoms with Crippen molar-refractivity contribution in [2.45, 2.75) is 40.7 Å². The van der Waals surface area contributed by atoms with Crippen molar-refractivity contribution in [2.24, 2.45) is 11.7 Å². The lowest BCUT2D eigenvalue weighted by atomic mass is 9.92. The van der Waals surface area contributed by atoms with Crippen molar-refractivity contribution in [1.82, 2.24) is 9.97 Å². The number of rotatable bonds is 7. The molecule has 2 heterocycles. The number of carbonyl (C=O) groups is 2. The zero-order valence-electron chi connectivity index (χ0n) is 18.8. The van der Waals surface area contributed by atoms with E-state index in [9.17, 15) is 14.7 Å². The monoisotopic (exact) mass is 432 g/mol. The van der Waals surface area contributed by atoms with Crippen molar-refractivity contribution in [3.63, 3.8) is 0 Å². The number of aromatic nitrogens is 2. The number of nitrogens with two attached hydrogens (primary N) is 1. The maximum atomic E-state index is 13.0. The highest BCUT2D eigenvalue weighted by Crippen LogP contribution is 2.36. The van der Waals surface area contributed by atoms with Crippen LogP contribution in [0.3, 0.4) is 0 Å². The first-order valence-corrected chi connectivity index (χ1v) is 10.5. The molecule has 166 valence electrons. The van der Waals surface area contributed by atoms with Crippen LogP contribution in [0.2, 0.25) is 0 Å². The number of anilines is 1. The first-order chi connectivity index (χ1) is 15.2. The molecule has 0 saturated heterocycles. The molecule has 0 aliphatic heterocycles. The molecule has 0 bridgehead atoms. The van der Waals surface area contributed by atoms with E-state index >= 15 is 0 Å². The lowest BCUT2D eigenvalue weighted by Crippen LogP contribution is -2.19. The Morgan fingerprint density at radius 1 is 1.03 bits per heavy atom. The van der Waals surface area contributed by atoms with Crippen molar-refractivity contribution >= 4 is 17.6 Å². The summed E-state index contributed by atoms with van der Waals surface area (Å²) in [6.07, 6.45) is 0.767. The maximum Gasteiger partial charge on any atom is 0.354 e. The maximum absolute atomic E-state index is 13.0. The van der Waals surface area contributed by atoms with E-state index in [2.05, 4.69) is 24.1 Å². The van der Waals surface area contributed by atoms with Crippen LogP contribution in [0, 0.1) is 19.8 Å². The number of pyridine rings is 2. The van der Waals surface area contributed by atoms with E-state index in [0.29, 0.717) is 17.3 Å². The highest BCUT2D eigenvalue weighted by atomic mass is 16.4. The zero-order chi connectivity index (χ0) is 23.4. The number of hydrogen-bond donors (Lipinski definition) is 3. The highest BCUT2D eigenvalue weighted by Gasteiger charge is 2.22. The summed E-state index contributed by atoms with van der Waals surface area (Å²) in [5.41, 5.74) is 11.9. The number of nitrogens with zero attached hydrogens (tertiary/aromatic N) is 2. The molecule has 7 nitrogen and oxygen atoms in total. The number of carbonyl (C=O) groups excluding carboxylic acids is 1. The molecule has 0 saturated carbocycles. The van der Waals surface area contributed by atoms with Crippen molar-refractivity contribution < 1.29 is 14.7 Å². The van der Waals surface area contributed by atoms with Gasteiger partial charge in [-0.2, -0.15) is 0 Å². The van der Waals surface area contributed by atoms with Crippen LogP contribution in [0.5, 0.6) is 0 Å². The molecule has 0 aliphatic rings. The first-order valence-electron chi connectivity index (χ1n) is 10.5. The van der Waals surface area contributed by atoms with Gasteiger partial charge in [0.2, 0.25) is 0 Å². The van der Waals surface area contributed by atoms with E-state index in [-0.39, 0.29) is 17.9 Å². The van der Waals surface area contributed by atoms with Gasteiger partial charge in [-0.05, 0) is 49.4 Å². The molecule has 0 unspecified atom stereocenters. The number of aromatic carboxylic acids is 1. The molecule has 3 aromatic rings. The number of hydrogen-bond acceptors (Lipinski definition) is 5. The second-order valence-electron chi connectivity index (χ2n) is 8.21. The number of aryl methyl sites for hydroxylation is 2. The van der Waals surface area contributed by atoms with E-state index in [0.717, 1.165) is 34.4 Å². The van der Waals surface area contributed by atoms with Crippen molar-refractivity contribution in [1.29, 1.82) is 0 Å². The average molecular weight is 433 g/mol. The zero-order valence-corrected chi connectivity index (χ0v) is 18.8. The van der Waals surface area contributed by atoms with Crippen LogP contribution < -0.4 is 11.1 Å². The quantitative estimate of drug-likeness (QED) is 0.510. The first kappa shape index (κ1) is 23.1. The Balaban J connectivity index is 2.15. The molecule has 0 aliphatic carbocycles. The Labute approximate surface area is 187 Å². The van der Waals surface area contributed by atoms with Gasteiger partial charge in [-0.3, -0.25) is 9.78 Å². The topological polar surface area (TPSA) is 118 Å². The second-order valence-corrected chi connectivity index (χ2v) is 8.21. The third kappa shape index (κ3) is 5.00. The molecule has 1 aromatic carbocycles. The van der Waals surface area contributed by atoms with E-state index < -0.39 is 11.9 Å². The molecule has 32 heavy (non-hydrogen) atoms. The van der Waals surface area contributed by atoms with Crippen LogP contribution in [0.1, 0.15) is 57.3 Å². The number of benzene rings is 1. The summed E-state index contributed by atoms with van der Waals surface area (Å²) in [6, 6.07) is 12.3. The lowest BCUT2D eigenvalue weighted by Gasteiger charge is -2.21. The van der Waals surface area contributed by atoms with Crippen molar-refractivity contribution in [2.75, 3.05) is 5.32 Å². The van der Waals surface area contributed by atoms with E-state index in [1.54, 1.807) is 0 Å². The molecule has 0 radical (unpaired) electrons. The minimum absolute atomic E-state index is 0.0136. The summed E-state index contributed by atoms with van der Waals surface area (Å²) in [4.78, 5) is 33.0. The fourth-order valence-electron chi connectivity index (χ4n) is 3.63. The summed E-state index contributed by atoms with van der Waals surface area (Å²) in [5.74, 6) is -1.31. The van der Waals surface area contributed by atoms with Gasteiger partial charge in [-0.15, -0.1) is 0 Å². The van der Waals surface area contributed by atoms with Crippen LogP contribution in [-0.4, -0.2) is 27.0 Å². The summed E-state index contributed by atoms with van der Waals surface area (Å²) < 4.78 is 0. The van der Waals surface area contributed by atoms with Gasteiger partial charge in [0.25, 0.3) is 5.91 Å². The van der Waals surface area contributed by atoms with Gasteiger partial charge in [0, 0.05) is 17.8 Å². The van der Waals surface area contributed by atoms with Crippen LogP contribution in [0.4, 0.5) is 5.69 Å². The van der Waals surface area contributed by atoms with E-state index in [1.807, 2.05) is 38.1 Å². The molecular weight excluding hydrogens is 404 g/mol. The van der Waals surface area contributed by atoms with Gasteiger partial charge in [-0.1, -0.05) is 49.7 Å². The smallest absolute Gasteiger partial charge is 0.354 e. The fraction of sp³-hybridized carbons (Fsp3) is 0.280. The van der Waals surface area contributed by atoms with Crippen molar-refractivity contribution in [3.05, 3.63) is 76.4 Å². The third-order valence-electron chi connectivity index (χ3n) is 5.15. The minimum atomic E-state index is -1.19. The molecule has 2 aromatic heterocycles. The average Bonchev–Trinajstić information content (AvgIpc) is 2.75. The fourth-order valence-corrected chi connectivity index (χ4v) is 3.63. The predicted octanol–water partition coefficient (Wildman–Crippen LogP) is 4.37. The molecule has 1 amide bonds. The molecule has 0 fully saturated rings. The summed E-state index contributed by atoms with van der Waals surface area (Å²) in [7, 11) is 0. The summed E-state index contributed by atoms with van der Waals surface area (Å²) in [5, 5.41) is 12.1. The largest absolute Gasteiger partial charge is 0.477 e. The molecule has 7 heteroatoms. The molecule has 4 N–H and O–H groups in total. The van der Waals surface area contributed by atoms with Crippen LogP contribution >= 0.6 is 0 Å². The van der Waals surface area contributed by atoms with Crippen LogP contribution in [0.25, 0.3) is 11.1 Å².